The number of hydrogen-bond donors (Lipinski definition) is 4. The number of carbonyl (C=O) groups excluding carboxylic acids is 2. The maximum atomic E-state index is 12.6. The molecule has 0 saturated carbocycles. The van der Waals surface area contributed by atoms with Crippen molar-refractivity contribution in [2.24, 2.45) is 16.9 Å². The zero-order valence-electron chi connectivity index (χ0n) is 16.5. The van der Waals surface area contributed by atoms with Crippen molar-refractivity contribution in [3.63, 3.8) is 0 Å². The minimum atomic E-state index is -1.36. The molecule has 0 bridgehead atoms. The van der Waals surface area contributed by atoms with Crippen LogP contribution in [0.3, 0.4) is 0 Å². The van der Waals surface area contributed by atoms with Crippen LogP contribution in [0.4, 0.5) is 0 Å². The second kappa shape index (κ2) is 10.8. The summed E-state index contributed by atoms with van der Waals surface area (Å²) in [5.74, 6) is -1.17. The van der Waals surface area contributed by atoms with Crippen molar-refractivity contribution in [3.8, 4) is 0 Å². The van der Waals surface area contributed by atoms with Crippen LogP contribution in [0.1, 0.15) is 53.4 Å². The first-order valence-corrected chi connectivity index (χ1v) is 8.92. The van der Waals surface area contributed by atoms with Crippen molar-refractivity contribution < 1.29 is 19.1 Å². The Morgan fingerprint density at radius 1 is 1.04 bits per heavy atom. The van der Waals surface area contributed by atoms with Crippen LogP contribution in [-0.2, 0) is 19.1 Å². The molecule has 0 rings (SSSR count). The molecule has 0 aromatic heterocycles. The van der Waals surface area contributed by atoms with Gasteiger partial charge < -0.3 is 14.8 Å². The lowest BCUT2D eigenvalue weighted by atomic mass is 9.79. The van der Waals surface area contributed by atoms with Gasteiger partial charge in [0, 0.05) is 5.41 Å². The molecule has 0 heterocycles. The first kappa shape index (κ1) is 23.9. The van der Waals surface area contributed by atoms with Crippen LogP contribution < -0.4 is 22.1 Å². The molecule has 0 aromatic rings. The normalized spacial score (nSPS) is 16.8. The molecule has 0 radical (unpaired) electrons. The Kier molecular flexibility index (Phi) is 10.4. The van der Waals surface area contributed by atoms with Gasteiger partial charge in [-0.2, -0.15) is 0 Å². The third kappa shape index (κ3) is 6.63. The Balaban J connectivity index is 4.89. The molecule has 8 nitrogen and oxygen atoms in total. The highest BCUT2D eigenvalue weighted by Gasteiger charge is 2.38. The fourth-order valence-corrected chi connectivity index (χ4v) is 2.58. The third-order valence-corrected chi connectivity index (χ3v) is 4.99. The van der Waals surface area contributed by atoms with Crippen molar-refractivity contribution in [1.82, 2.24) is 10.6 Å². The summed E-state index contributed by atoms with van der Waals surface area (Å²) in [5, 5.41) is 6.03. The predicted octanol–water partition coefficient (Wildman–Crippen LogP) is 0.446. The summed E-state index contributed by atoms with van der Waals surface area (Å²) >= 11 is 0. The number of carbonyl (C=O) groups is 2. The fraction of sp³-hybridized carbons (Fsp3) is 0.882. The molecule has 148 valence electrons. The van der Waals surface area contributed by atoms with Crippen molar-refractivity contribution in [3.05, 3.63) is 0 Å². The molecule has 3 atom stereocenters. The number of esters is 1. The van der Waals surface area contributed by atoms with Gasteiger partial charge in [-0.3, -0.25) is 21.6 Å². The Morgan fingerprint density at radius 2 is 1.60 bits per heavy atom. The molecule has 0 aliphatic carbocycles. The van der Waals surface area contributed by atoms with Crippen LogP contribution in [0.25, 0.3) is 0 Å². The molecule has 0 saturated heterocycles. The lowest BCUT2D eigenvalue weighted by molar-refractivity contribution is -0.182. The Hall–Kier alpha value is -1.06. The van der Waals surface area contributed by atoms with Gasteiger partial charge >= 0.3 is 5.97 Å². The zero-order chi connectivity index (χ0) is 19.7. The molecule has 0 fully saturated rings. The van der Waals surface area contributed by atoms with Crippen LogP contribution in [0.5, 0.6) is 0 Å². The largest absolute Gasteiger partial charge is 0.436 e. The Labute approximate surface area is 151 Å². The van der Waals surface area contributed by atoms with E-state index < -0.39 is 29.6 Å². The average molecular weight is 360 g/mol. The van der Waals surface area contributed by atoms with Crippen LogP contribution in [0, 0.1) is 5.41 Å². The minimum Gasteiger partial charge on any atom is -0.436 e. The molecule has 0 spiro atoms. The SMILES string of the molecule is CCC(CC)(NC)OC(N)C(=O)OC(N)C(=O)C(C)(CC)CCNC. The maximum absolute atomic E-state index is 12.6. The van der Waals surface area contributed by atoms with Gasteiger partial charge in [0.2, 0.25) is 12.5 Å². The van der Waals surface area contributed by atoms with Crippen molar-refractivity contribution in [2.75, 3.05) is 20.6 Å². The molecule has 6 N–H and O–H groups in total. The van der Waals surface area contributed by atoms with Gasteiger partial charge in [-0.15, -0.1) is 0 Å². The van der Waals surface area contributed by atoms with Gasteiger partial charge in [-0.1, -0.05) is 27.7 Å². The first-order chi connectivity index (χ1) is 11.6. The van der Waals surface area contributed by atoms with E-state index in [1.807, 2.05) is 34.7 Å². The second-order valence-electron chi connectivity index (χ2n) is 6.48. The van der Waals surface area contributed by atoms with Crippen molar-refractivity contribution in [1.29, 1.82) is 0 Å². The Bertz CT molecular complexity index is 421. The van der Waals surface area contributed by atoms with Gasteiger partial charge in [0.25, 0.3) is 0 Å². The van der Waals surface area contributed by atoms with E-state index in [0.29, 0.717) is 32.2 Å². The number of rotatable bonds is 13. The van der Waals surface area contributed by atoms with E-state index in [1.165, 1.54) is 0 Å². The van der Waals surface area contributed by atoms with Gasteiger partial charge in [-0.25, -0.2) is 4.79 Å². The molecular weight excluding hydrogens is 324 g/mol. The number of Topliss-reactive ketones (excluding diaryl/α,β-unsaturated/α-hetero) is 1. The monoisotopic (exact) mass is 360 g/mol. The number of nitrogens with one attached hydrogen (secondary N) is 2. The summed E-state index contributed by atoms with van der Waals surface area (Å²) in [7, 11) is 3.54. The molecule has 0 aliphatic heterocycles. The molecule has 8 heteroatoms. The molecule has 0 aromatic carbocycles. The maximum Gasteiger partial charge on any atom is 0.352 e. The molecule has 25 heavy (non-hydrogen) atoms. The number of hydrogen-bond acceptors (Lipinski definition) is 8. The zero-order valence-corrected chi connectivity index (χ0v) is 16.5. The molecule has 0 amide bonds. The van der Waals surface area contributed by atoms with E-state index in [2.05, 4.69) is 10.6 Å². The van der Waals surface area contributed by atoms with Crippen LogP contribution in [0.2, 0.25) is 0 Å². The highest BCUT2D eigenvalue weighted by molar-refractivity contribution is 5.90. The van der Waals surface area contributed by atoms with Crippen LogP contribution in [-0.4, -0.2) is 50.6 Å². The van der Waals surface area contributed by atoms with Gasteiger partial charge in [0.15, 0.2) is 5.78 Å². The average Bonchev–Trinajstić information content (AvgIpc) is 2.63. The first-order valence-electron chi connectivity index (χ1n) is 8.92. The third-order valence-electron chi connectivity index (χ3n) is 4.99. The number of ether oxygens (including phenoxy) is 2. The highest BCUT2D eigenvalue weighted by atomic mass is 16.6. The van der Waals surface area contributed by atoms with E-state index in [4.69, 9.17) is 20.9 Å². The number of nitrogens with two attached hydrogens (primary N) is 2. The Morgan fingerprint density at radius 3 is 2.00 bits per heavy atom. The standard InChI is InChI=1S/C17H36N4O4/c1-7-16(4,10-11-20-5)12(22)13(18)24-15(23)14(19)25-17(8-2,9-3)21-6/h13-14,20-21H,7-11,18-19H2,1-6H3. The topological polar surface area (TPSA) is 129 Å². The number of ketones is 1. The van der Waals surface area contributed by atoms with E-state index in [-0.39, 0.29) is 5.78 Å². The summed E-state index contributed by atoms with van der Waals surface area (Å²) in [6.07, 6.45) is -0.266. The molecular formula is C17H36N4O4. The fourth-order valence-electron chi connectivity index (χ4n) is 2.58. The smallest absolute Gasteiger partial charge is 0.352 e. The van der Waals surface area contributed by atoms with Crippen LogP contribution >= 0.6 is 0 Å². The van der Waals surface area contributed by atoms with Crippen molar-refractivity contribution in [2.45, 2.75) is 71.6 Å². The summed E-state index contributed by atoms with van der Waals surface area (Å²) in [5.41, 5.74) is 10.2. The van der Waals surface area contributed by atoms with E-state index in [1.54, 1.807) is 7.05 Å². The van der Waals surface area contributed by atoms with E-state index >= 15 is 0 Å². The summed E-state index contributed by atoms with van der Waals surface area (Å²) in [6, 6.07) is 0. The quantitative estimate of drug-likeness (QED) is 0.275. The second-order valence-corrected chi connectivity index (χ2v) is 6.48. The lowest BCUT2D eigenvalue weighted by Crippen LogP contribution is -2.53. The van der Waals surface area contributed by atoms with Crippen molar-refractivity contribution >= 4 is 11.8 Å². The van der Waals surface area contributed by atoms with E-state index in [0.717, 1.165) is 0 Å². The minimum absolute atomic E-state index is 0.323. The van der Waals surface area contributed by atoms with Crippen LogP contribution in [0.15, 0.2) is 0 Å². The summed E-state index contributed by atoms with van der Waals surface area (Å²) in [6.45, 7) is 8.22. The van der Waals surface area contributed by atoms with Gasteiger partial charge in [-0.05, 0) is 46.3 Å². The summed E-state index contributed by atoms with van der Waals surface area (Å²) < 4.78 is 10.7. The van der Waals surface area contributed by atoms with Gasteiger partial charge in [0.05, 0.1) is 0 Å². The van der Waals surface area contributed by atoms with E-state index in [9.17, 15) is 9.59 Å². The van der Waals surface area contributed by atoms with Gasteiger partial charge in [0.1, 0.15) is 5.72 Å². The molecule has 0 aliphatic rings. The predicted molar refractivity (Wildman–Crippen MR) is 97.4 cm³/mol. The summed E-state index contributed by atoms with van der Waals surface area (Å²) in [4.78, 5) is 24.8. The highest BCUT2D eigenvalue weighted by Crippen LogP contribution is 2.28. The lowest BCUT2D eigenvalue weighted by Gasteiger charge is -2.34. The molecule has 3 unspecified atom stereocenters.